The molecule has 0 amide bonds. The molecule has 1 aliphatic carbocycles. The van der Waals surface area contributed by atoms with Crippen LogP contribution in [0.2, 0.25) is 0 Å². The first-order valence-electron chi connectivity index (χ1n) is 24.2. The lowest BCUT2D eigenvalue weighted by Gasteiger charge is -2.45. The summed E-state index contributed by atoms with van der Waals surface area (Å²) in [4.78, 5) is 7.60. The molecule has 0 saturated carbocycles. The van der Waals surface area contributed by atoms with Gasteiger partial charge in [-0.25, -0.2) is 0 Å². The van der Waals surface area contributed by atoms with E-state index in [0.29, 0.717) is 0 Å². The highest BCUT2D eigenvalue weighted by atomic mass is 15.2. The lowest BCUT2D eigenvalue weighted by atomic mass is 9.33. The molecule has 3 aliphatic rings. The molecule has 0 fully saturated rings. The average molecular weight is 858 g/mol. The number of hydrogen-bond donors (Lipinski definition) is 0. The molecule has 0 aromatic heterocycles. The highest BCUT2D eigenvalue weighted by Gasteiger charge is 2.44. The van der Waals surface area contributed by atoms with Crippen molar-refractivity contribution in [3.63, 3.8) is 0 Å². The number of hydrogen-bond acceptors (Lipinski definition) is 3. The molecule has 66 heavy (non-hydrogen) atoms. The second kappa shape index (κ2) is 16.3. The van der Waals surface area contributed by atoms with Gasteiger partial charge in [-0.15, -0.1) is 0 Å². The van der Waals surface area contributed by atoms with Crippen LogP contribution in [0.4, 0.5) is 51.2 Å². The number of nitrogens with zero attached hydrogens (tertiary/aromatic N) is 3. The van der Waals surface area contributed by atoms with E-state index in [2.05, 4.69) is 239 Å². The van der Waals surface area contributed by atoms with E-state index in [9.17, 15) is 0 Å². The second-order valence-corrected chi connectivity index (χ2v) is 20.4. The standard InChI is InChI=1S/C62H60BN3/c1-8-9-18-44-27-30-48(31-28-44)66-57-34-26-43(3)38-54(57)63-53-37-42(2)25-33-56(53)65(47-21-14-11-15-22-47)58-40-49(41-59(66)60(58)63)64(46-19-12-10-13-20-46)55-24-17-16-23-50(55)45-29-32-51-52(39-45)62(6,7)36-35-61(51,4)5/h10-17,19-34,37-41H,8-9,18,35-36H2,1-7H3. The van der Waals surface area contributed by atoms with Crippen LogP contribution in [0.5, 0.6) is 0 Å². The summed E-state index contributed by atoms with van der Waals surface area (Å²) in [6.07, 6.45) is 5.83. The largest absolute Gasteiger partial charge is 0.311 e. The van der Waals surface area contributed by atoms with E-state index in [1.165, 1.54) is 109 Å². The lowest BCUT2D eigenvalue weighted by Crippen LogP contribution is -2.61. The summed E-state index contributed by atoms with van der Waals surface area (Å²) in [6, 6.07) is 67.0. The summed E-state index contributed by atoms with van der Waals surface area (Å²) in [5, 5.41) is 0. The van der Waals surface area contributed by atoms with Gasteiger partial charge in [-0.05, 0) is 156 Å². The molecule has 0 unspecified atom stereocenters. The number of rotatable bonds is 9. The molecule has 4 heteroatoms. The van der Waals surface area contributed by atoms with Crippen LogP contribution in [0, 0.1) is 13.8 Å². The first-order valence-corrected chi connectivity index (χ1v) is 24.2. The average Bonchev–Trinajstić information content (AvgIpc) is 3.33. The minimum atomic E-state index is 0.0365. The van der Waals surface area contributed by atoms with Gasteiger partial charge in [-0.2, -0.15) is 0 Å². The Morgan fingerprint density at radius 1 is 0.515 bits per heavy atom. The molecule has 0 radical (unpaired) electrons. The maximum atomic E-state index is 2.56. The monoisotopic (exact) mass is 857 g/mol. The van der Waals surface area contributed by atoms with Crippen molar-refractivity contribution in [2.75, 3.05) is 14.7 Å². The van der Waals surface area contributed by atoms with Gasteiger partial charge in [0.05, 0.1) is 11.4 Å². The fourth-order valence-electron chi connectivity index (χ4n) is 11.4. The van der Waals surface area contributed by atoms with E-state index in [1.54, 1.807) is 0 Å². The van der Waals surface area contributed by atoms with Gasteiger partial charge in [0.2, 0.25) is 0 Å². The smallest absolute Gasteiger partial charge is 0.252 e. The third kappa shape index (κ3) is 7.05. The highest BCUT2D eigenvalue weighted by molar-refractivity contribution is 7.00. The van der Waals surface area contributed by atoms with Crippen LogP contribution in [-0.4, -0.2) is 6.71 Å². The third-order valence-electron chi connectivity index (χ3n) is 15.0. The minimum absolute atomic E-state index is 0.0365. The summed E-state index contributed by atoms with van der Waals surface area (Å²) < 4.78 is 0. The van der Waals surface area contributed by atoms with E-state index < -0.39 is 0 Å². The minimum Gasteiger partial charge on any atom is -0.311 e. The van der Waals surface area contributed by atoms with E-state index in [-0.39, 0.29) is 17.5 Å². The Labute approximate surface area is 393 Å². The molecule has 0 N–H and O–H groups in total. The van der Waals surface area contributed by atoms with Crippen molar-refractivity contribution >= 4 is 74.3 Å². The van der Waals surface area contributed by atoms with E-state index in [4.69, 9.17) is 0 Å². The summed E-state index contributed by atoms with van der Waals surface area (Å²) in [5.41, 5.74) is 24.1. The summed E-state index contributed by atoms with van der Waals surface area (Å²) in [5.74, 6) is 0. The molecule has 8 aromatic rings. The van der Waals surface area contributed by atoms with Gasteiger partial charge in [0, 0.05) is 45.4 Å². The molecule has 0 atom stereocenters. The Bertz CT molecular complexity index is 3110. The normalized spacial score (nSPS) is 15.1. The van der Waals surface area contributed by atoms with Crippen LogP contribution >= 0.6 is 0 Å². The zero-order valence-corrected chi connectivity index (χ0v) is 39.7. The van der Waals surface area contributed by atoms with Crippen LogP contribution in [-0.2, 0) is 17.3 Å². The first kappa shape index (κ1) is 41.9. The van der Waals surface area contributed by atoms with Crippen molar-refractivity contribution in [3.8, 4) is 11.1 Å². The molecule has 11 rings (SSSR count). The van der Waals surface area contributed by atoms with Crippen LogP contribution < -0.4 is 31.1 Å². The van der Waals surface area contributed by atoms with Gasteiger partial charge in [0.1, 0.15) is 0 Å². The van der Waals surface area contributed by atoms with E-state index in [0.717, 1.165) is 29.2 Å². The molecule has 8 aromatic carbocycles. The van der Waals surface area contributed by atoms with Crippen LogP contribution in [0.15, 0.2) is 176 Å². The Morgan fingerprint density at radius 2 is 1.08 bits per heavy atom. The Kier molecular flexibility index (Phi) is 10.3. The molecule has 0 bridgehead atoms. The molecule has 2 aliphatic heterocycles. The topological polar surface area (TPSA) is 9.72 Å². The van der Waals surface area contributed by atoms with Gasteiger partial charge < -0.3 is 14.7 Å². The van der Waals surface area contributed by atoms with Crippen LogP contribution in [0.3, 0.4) is 0 Å². The number of unbranched alkanes of at least 4 members (excludes halogenated alkanes) is 1. The first-order chi connectivity index (χ1) is 32.0. The van der Waals surface area contributed by atoms with Crippen molar-refractivity contribution in [1.29, 1.82) is 0 Å². The van der Waals surface area contributed by atoms with Crippen molar-refractivity contribution < 1.29 is 0 Å². The lowest BCUT2D eigenvalue weighted by molar-refractivity contribution is 0.332. The highest BCUT2D eigenvalue weighted by Crippen LogP contribution is 2.51. The number of anilines is 9. The second-order valence-electron chi connectivity index (χ2n) is 20.4. The predicted octanol–water partition coefficient (Wildman–Crippen LogP) is 15.2. The van der Waals surface area contributed by atoms with E-state index >= 15 is 0 Å². The van der Waals surface area contributed by atoms with Crippen molar-refractivity contribution in [2.24, 2.45) is 0 Å². The van der Waals surface area contributed by atoms with Gasteiger partial charge >= 0.3 is 0 Å². The van der Waals surface area contributed by atoms with Gasteiger partial charge in [0.25, 0.3) is 6.71 Å². The maximum Gasteiger partial charge on any atom is 0.252 e. The SMILES string of the molecule is CCCCc1ccc(N2c3ccc(C)cc3B3c4cc(C)ccc4N(c4ccccc4)c4cc(N(c5ccccc5)c5ccccc5-c5ccc6c(c5)C(C)(C)CCC6(C)C)cc2c43)cc1. The number of para-hydroxylation sites is 3. The zero-order valence-electron chi connectivity index (χ0n) is 39.7. The number of fused-ring (bicyclic) bond motifs is 5. The van der Waals surface area contributed by atoms with Gasteiger partial charge in [-0.1, -0.05) is 161 Å². The predicted molar refractivity (Wildman–Crippen MR) is 284 cm³/mol. The number of benzene rings is 8. The maximum absolute atomic E-state index is 2.56. The molecule has 2 heterocycles. The summed E-state index contributed by atoms with van der Waals surface area (Å²) in [7, 11) is 0. The van der Waals surface area contributed by atoms with Crippen LogP contribution in [0.1, 0.15) is 88.1 Å². The van der Waals surface area contributed by atoms with E-state index in [1.807, 2.05) is 0 Å². The van der Waals surface area contributed by atoms with Crippen molar-refractivity contribution in [2.45, 2.75) is 91.4 Å². The third-order valence-corrected chi connectivity index (χ3v) is 15.0. The molecular weight excluding hydrogens is 798 g/mol. The Balaban J connectivity index is 1.21. The zero-order chi connectivity index (χ0) is 45.3. The molecule has 0 saturated heterocycles. The van der Waals surface area contributed by atoms with Crippen molar-refractivity contribution in [1.82, 2.24) is 0 Å². The number of aryl methyl sites for hydroxylation is 3. The summed E-state index contributed by atoms with van der Waals surface area (Å²) >= 11 is 0. The van der Waals surface area contributed by atoms with Gasteiger partial charge in [-0.3, -0.25) is 0 Å². The van der Waals surface area contributed by atoms with Crippen LogP contribution in [0.25, 0.3) is 11.1 Å². The Hall–Kier alpha value is -6.78. The molecule has 326 valence electrons. The Morgan fingerprint density at radius 3 is 1.70 bits per heavy atom. The fourth-order valence-corrected chi connectivity index (χ4v) is 11.4. The summed E-state index contributed by atoms with van der Waals surface area (Å²) in [6.45, 7) is 16.5. The fraction of sp³-hybridized carbons (Fsp3) is 0.226. The molecular formula is C62H60BN3. The van der Waals surface area contributed by atoms with Crippen molar-refractivity contribution in [3.05, 3.63) is 204 Å². The molecule has 0 spiro atoms. The quantitative estimate of drug-likeness (QED) is 0.134. The molecule has 3 nitrogen and oxygen atoms in total. The van der Waals surface area contributed by atoms with Gasteiger partial charge in [0.15, 0.2) is 0 Å².